The Bertz CT molecular complexity index is 1280. The molecule has 0 spiro atoms. The van der Waals surface area contributed by atoms with E-state index < -0.39 is 11.9 Å². The average Bonchev–Trinajstić information content (AvgIpc) is 3.12. The first-order valence-corrected chi connectivity index (χ1v) is 9.98. The number of nitrogens with one attached hydrogen (secondary N) is 1. The van der Waals surface area contributed by atoms with Gasteiger partial charge in [0.05, 0.1) is 23.9 Å². The molecule has 150 valence electrons. The van der Waals surface area contributed by atoms with Crippen molar-refractivity contribution in [3.8, 4) is 17.0 Å². The second kappa shape index (κ2) is 7.96. The molecule has 0 atom stereocenters. The summed E-state index contributed by atoms with van der Waals surface area (Å²) in [5.41, 5.74) is 1.69. The number of carboxylic acids is 1. The first-order chi connectivity index (χ1) is 14.5. The van der Waals surface area contributed by atoms with Crippen LogP contribution >= 0.6 is 11.3 Å². The third-order valence-corrected chi connectivity index (χ3v) is 5.63. The Kier molecular flexibility index (Phi) is 5.20. The lowest BCUT2D eigenvalue weighted by Crippen LogP contribution is -2.16. The van der Waals surface area contributed by atoms with Crippen LogP contribution in [0.5, 0.6) is 5.75 Å². The van der Waals surface area contributed by atoms with Crippen molar-refractivity contribution in [2.24, 2.45) is 0 Å². The van der Waals surface area contributed by atoms with Gasteiger partial charge < -0.3 is 9.84 Å². The average molecular weight is 418 g/mol. The maximum Gasteiger partial charge on any atom is 0.337 e. The number of nitrogens with zero attached hydrogens (tertiary/aromatic N) is 1. The minimum absolute atomic E-state index is 0.0214. The molecule has 0 bridgehead atoms. The van der Waals surface area contributed by atoms with Crippen LogP contribution in [0, 0.1) is 6.92 Å². The third kappa shape index (κ3) is 3.62. The second-order valence-electron chi connectivity index (χ2n) is 6.62. The Morgan fingerprint density at radius 2 is 1.87 bits per heavy atom. The van der Waals surface area contributed by atoms with Gasteiger partial charge >= 0.3 is 5.97 Å². The molecule has 0 unspecified atom stereocenters. The lowest BCUT2D eigenvalue weighted by atomic mass is 9.98. The van der Waals surface area contributed by atoms with Crippen LogP contribution in [0.2, 0.25) is 0 Å². The highest BCUT2D eigenvalue weighted by Gasteiger charge is 2.21. The lowest BCUT2D eigenvalue weighted by Gasteiger charge is -2.09. The van der Waals surface area contributed by atoms with Crippen molar-refractivity contribution >= 4 is 39.1 Å². The maximum absolute atomic E-state index is 12.9. The monoisotopic (exact) mass is 418 g/mol. The molecule has 0 saturated carbocycles. The third-order valence-electron chi connectivity index (χ3n) is 4.75. The molecule has 0 aliphatic rings. The maximum atomic E-state index is 12.9. The van der Waals surface area contributed by atoms with Crippen LogP contribution in [0.25, 0.3) is 22.0 Å². The summed E-state index contributed by atoms with van der Waals surface area (Å²) in [6.07, 6.45) is 0. The van der Waals surface area contributed by atoms with Gasteiger partial charge in [0.1, 0.15) is 5.75 Å². The van der Waals surface area contributed by atoms with Crippen LogP contribution in [-0.2, 0) is 0 Å². The van der Waals surface area contributed by atoms with Crippen molar-refractivity contribution in [3.05, 3.63) is 76.7 Å². The Hall–Kier alpha value is -3.71. The summed E-state index contributed by atoms with van der Waals surface area (Å²) < 4.78 is 5.27. The SMILES string of the molecule is COc1cccc(-c2nc(NC(=O)c3ccc4ccccc4c3C(=O)O)sc2C)c1. The fourth-order valence-electron chi connectivity index (χ4n) is 3.34. The van der Waals surface area contributed by atoms with Gasteiger partial charge in [-0.05, 0) is 35.9 Å². The van der Waals surface area contributed by atoms with Gasteiger partial charge in [-0.1, -0.05) is 42.5 Å². The van der Waals surface area contributed by atoms with E-state index in [0.29, 0.717) is 16.3 Å². The van der Waals surface area contributed by atoms with E-state index in [1.807, 2.05) is 43.3 Å². The van der Waals surface area contributed by atoms with E-state index in [2.05, 4.69) is 10.3 Å². The van der Waals surface area contributed by atoms with Gasteiger partial charge in [0, 0.05) is 10.4 Å². The first-order valence-electron chi connectivity index (χ1n) is 9.16. The van der Waals surface area contributed by atoms with E-state index in [1.54, 1.807) is 25.3 Å². The number of rotatable bonds is 5. The van der Waals surface area contributed by atoms with Gasteiger partial charge in [-0.3, -0.25) is 10.1 Å². The molecule has 7 heteroatoms. The predicted octanol–water partition coefficient (Wildman–Crippen LogP) is 5.23. The molecule has 1 aromatic heterocycles. The molecular weight excluding hydrogens is 400 g/mol. The number of fused-ring (bicyclic) bond motifs is 1. The zero-order valence-corrected chi connectivity index (χ0v) is 17.1. The Balaban J connectivity index is 1.68. The number of methoxy groups -OCH3 is 1. The van der Waals surface area contributed by atoms with E-state index in [1.165, 1.54) is 17.4 Å². The molecule has 0 radical (unpaired) electrons. The van der Waals surface area contributed by atoms with E-state index in [-0.39, 0.29) is 11.1 Å². The van der Waals surface area contributed by atoms with Crippen LogP contribution in [-0.4, -0.2) is 29.1 Å². The van der Waals surface area contributed by atoms with Gasteiger partial charge in [-0.2, -0.15) is 0 Å². The molecule has 6 nitrogen and oxygen atoms in total. The predicted molar refractivity (Wildman–Crippen MR) is 118 cm³/mol. The fraction of sp³-hybridized carbons (Fsp3) is 0.0870. The molecule has 1 amide bonds. The van der Waals surface area contributed by atoms with Crippen molar-refractivity contribution in [1.82, 2.24) is 4.98 Å². The number of carbonyl (C=O) groups is 2. The summed E-state index contributed by atoms with van der Waals surface area (Å²) in [4.78, 5) is 30.3. The van der Waals surface area contributed by atoms with Crippen LogP contribution < -0.4 is 10.1 Å². The van der Waals surface area contributed by atoms with Crippen LogP contribution in [0.15, 0.2) is 60.7 Å². The quantitative estimate of drug-likeness (QED) is 0.463. The summed E-state index contributed by atoms with van der Waals surface area (Å²) in [7, 11) is 1.60. The second-order valence-corrected chi connectivity index (χ2v) is 7.83. The fourth-order valence-corrected chi connectivity index (χ4v) is 4.17. The number of amides is 1. The van der Waals surface area contributed by atoms with Crippen LogP contribution in [0.4, 0.5) is 5.13 Å². The van der Waals surface area contributed by atoms with Crippen molar-refractivity contribution in [2.45, 2.75) is 6.92 Å². The van der Waals surface area contributed by atoms with Gasteiger partial charge in [-0.15, -0.1) is 11.3 Å². The summed E-state index contributed by atoms with van der Waals surface area (Å²) >= 11 is 1.33. The summed E-state index contributed by atoms with van der Waals surface area (Å²) in [5.74, 6) is -0.943. The molecule has 0 aliphatic carbocycles. The van der Waals surface area contributed by atoms with Crippen molar-refractivity contribution in [3.63, 3.8) is 0 Å². The van der Waals surface area contributed by atoms with Gasteiger partial charge in [0.15, 0.2) is 5.13 Å². The number of benzene rings is 3. The van der Waals surface area contributed by atoms with Crippen molar-refractivity contribution in [1.29, 1.82) is 0 Å². The highest BCUT2D eigenvalue weighted by Crippen LogP contribution is 2.32. The molecule has 30 heavy (non-hydrogen) atoms. The Morgan fingerprint density at radius 1 is 1.07 bits per heavy atom. The molecule has 0 saturated heterocycles. The highest BCUT2D eigenvalue weighted by molar-refractivity contribution is 7.16. The molecule has 4 rings (SSSR count). The molecule has 0 aliphatic heterocycles. The smallest absolute Gasteiger partial charge is 0.337 e. The number of aryl methyl sites for hydroxylation is 1. The summed E-state index contributed by atoms with van der Waals surface area (Å²) in [5, 5.41) is 14.2. The number of anilines is 1. The number of thiazole rings is 1. The largest absolute Gasteiger partial charge is 0.497 e. The number of aromatic nitrogens is 1. The summed E-state index contributed by atoms with van der Waals surface area (Å²) in [6.45, 7) is 1.92. The van der Waals surface area contributed by atoms with Gasteiger partial charge in [-0.25, -0.2) is 9.78 Å². The standard InChI is InChI=1S/C23H18N2O4S/c1-13-20(15-7-5-8-16(12-15)29-2)24-23(30-13)25-21(26)18-11-10-14-6-3-4-9-17(14)19(18)22(27)28/h3-12H,1-2H3,(H,27,28)(H,24,25,26). The number of carbonyl (C=O) groups excluding carboxylic acids is 1. The van der Waals surface area contributed by atoms with E-state index in [0.717, 1.165) is 21.5 Å². The Labute approximate surface area is 176 Å². The number of hydrogen-bond acceptors (Lipinski definition) is 5. The summed E-state index contributed by atoms with van der Waals surface area (Å²) in [6, 6.07) is 17.9. The zero-order valence-electron chi connectivity index (χ0n) is 16.3. The van der Waals surface area contributed by atoms with Crippen molar-refractivity contribution < 1.29 is 19.4 Å². The van der Waals surface area contributed by atoms with Crippen LogP contribution in [0.3, 0.4) is 0 Å². The minimum Gasteiger partial charge on any atom is -0.497 e. The normalized spacial score (nSPS) is 10.7. The topological polar surface area (TPSA) is 88.5 Å². The number of ether oxygens (including phenoxy) is 1. The van der Waals surface area contributed by atoms with Crippen LogP contribution in [0.1, 0.15) is 25.6 Å². The molecule has 4 aromatic rings. The first kappa shape index (κ1) is 19.6. The van der Waals surface area contributed by atoms with E-state index in [9.17, 15) is 14.7 Å². The van der Waals surface area contributed by atoms with Gasteiger partial charge in [0.2, 0.25) is 0 Å². The molecule has 0 fully saturated rings. The number of hydrogen-bond donors (Lipinski definition) is 2. The molecule has 1 heterocycles. The lowest BCUT2D eigenvalue weighted by molar-refractivity contribution is 0.0694. The highest BCUT2D eigenvalue weighted by atomic mass is 32.1. The van der Waals surface area contributed by atoms with E-state index in [4.69, 9.17) is 4.74 Å². The number of carboxylic acid groups (broad SMARTS) is 1. The van der Waals surface area contributed by atoms with Crippen molar-refractivity contribution in [2.75, 3.05) is 12.4 Å². The molecule has 2 N–H and O–H groups in total. The molecular formula is C23H18N2O4S. The Morgan fingerprint density at radius 3 is 2.63 bits per heavy atom. The molecule has 3 aromatic carbocycles. The zero-order chi connectivity index (χ0) is 21.3. The van der Waals surface area contributed by atoms with Gasteiger partial charge in [0.25, 0.3) is 5.91 Å². The number of aromatic carboxylic acids is 1. The van der Waals surface area contributed by atoms with E-state index >= 15 is 0 Å². The minimum atomic E-state index is -1.15.